The summed E-state index contributed by atoms with van der Waals surface area (Å²) >= 11 is 5.88. The van der Waals surface area contributed by atoms with Crippen molar-refractivity contribution in [1.82, 2.24) is 14.4 Å². The lowest BCUT2D eigenvalue weighted by Gasteiger charge is -2.03. The van der Waals surface area contributed by atoms with Gasteiger partial charge >= 0.3 is 0 Å². The molecule has 0 aliphatic heterocycles. The molecule has 62 valence electrons. The highest BCUT2D eigenvalue weighted by Crippen LogP contribution is 2.16. The molecule has 2 rings (SSSR count). The number of imidazole rings is 1. The molecule has 0 saturated carbocycles. The first-order valence-corrected chi connectivity index (χ1v) is 4.03. The van der Waals surface area contributed by atoms with Crippen LogP contribution in [0.3, 0.4) is 0 Å². The lowest BCUT2D eigenvalue weighted by Crippen LogP contribution is -1.97. The Bertz CT molecular complexity index is 433. The molecule has 4 heteroatoms. The second-order valence-electron chi connectivity index (χ2n) is 2.69. The van der Waals surface area contributed by atoms with Gasteiger partial charge in [-0.3, -0.25) is 4.40 Å². The third-order valence-corrected chi connectivity index (χ3v) is 2.23. The molecule has 0 aromatic carbocycles. The highest BCUT2D eigenvalue weighted by molar-refractivity contribution is 6.32. The molecule has 0 unspecified atom stereocenters. The standard InChI is InChI=1S/C8H8ClN3/c1-5-6(2)12-4-3-10-8(12)7(9)11-5/h3-4H,1-2H3. The fourth-order valence-corrected chi connectivity index (χ4v) is 1.45. The Morgan fingerprint density at radius 2 is 2.17 bits per heavy atom. The molecule has 2 aromatic rings. The summed E-state index contributed by atoms with van der Waals surface area (Å²) in [5.74, 6) is 0. The molecule has 3 nitrogen and oxygen atoms in total. The summed E-state index contributed by atoms with van der Waals surface area (Å²) < 4.78 is 1.94. The van der Waals surface area contributed by atoms with E-state index in [0.717, 1.165) is 17.0 Å². The molecule has 0 atom stereocenters. The molecule has 0 amide bonds. The van der Waals surface area contributed by atoms with Gasteiger partial charge in [0.05, 0.1) is 5.69 Å². The Kier molecular flexibility index (Phi) is 1.54. The number of aromatic nitrogens is 3. The lowest BCUT2D eigenvalue weighted by atomic mass is 10.3. The third-order valence-electron chi connectivity index (χ3n) is 1.98. The average Bonchev–Trinajstić information content (AvgIpc) is 2.48. The van der Waals surface area contributed by atoms with E-state index in [4.69, 9.17) is 11.6 Å². The zero-order valence-corrected chi connectivity index (χ0v) is 7.63. The number of hydrogen-bond acceptors (Lipinski definition) is 2. The molecule has 0 N–H and O–H groups in total. The van der Waals surface area contributed by atoms with E-state index in [0.29, 0.717) is 5.15 Å². The van der Waals surface area contributed by atoms with Crippen molar-refractivity contribution >= 4 is 17.2 Å². The molecule has 2 aromatic heterocycles. The van der Waals surface area contributed by atoms with Crippen molar-refractivity contribution < 1.29 is 0 Å². The summed E-state index contributed by atoms with van der Waals surface area (Å²) in [6, 6.07) is 0. The Morgan fingerprint density at radius 3 is 2.92 bits per heavy atom. The van der Waals surface area contributed by atoms with Gasteiger partial charge in [0.25, 0.3) is 0 Å². The Morgan fingerprint density at radius 1 is 1.42 bits per heavy atom. The maximum Gasteiger partial charge on any atom is 0.175 e. The Balaban J connectivity index is 2.97. The van der Waals surface area contributed by atoms with Crippen LogP contribution in [0.25, 0.3) is 5.65 Å². The van der Waals surface area contributed by atoms with Gasteiger partial charge in [-0.05, 0) is 13.8 Å². The summed E-state index contributed by atoms with van der Waals surface area (Å²) in [6.45, 7) is 3.92. The van der Waals surface area contributed by atoms with Gasteiger partial charge in [0.15, 0.2) is 10.8 Å². The molecule has 0 aliphatic carbocycles. The summed E-state index contributed by atoms with van der Waals surface area (Å²) in [4.78, 5) is 8.24. The molecule has 0 spiro atoms. The molecule has 0 radical (unpaired) electrons. The Labute approximate surface area is 75.0 Å². The van der Waals surface area contributed by atoms with Crippen LogP contribution >= 0.6 is 11.6 Å². The van der Waals surface area contributed by atoms with Gasteiger partial charge in [-0.25, -0.2) is 9.97 Å². The Hall–Kier alpha value is -1.09. The number of fused-ring (bicyclic) bond motifs is 1. The summed E-state index contributed by atoms with van der Waals surface area (Å²) in [5, 5.41) is 0.461. The number of hydrogen-bond donors (Lipinski definition) is 0. The molecule has 0 fully saturated rings. The van der Waals surface area contributed by atoms with E-state index in [1.807, 2.05) is 24.4 Å². The molecule has 0 bridgehead atoms. The summed E-state index contributed by atoms with van der Waals surface area (Å²) in [5.41, 5.74) is 2.73. The maximum absolute atomic E-state index is 5.88. The lowest BCUT2D eigenvalue weighted by molar-refractivity contribution is 0.998. The van der Waals surface area contributed by atoms with Gasteiger partial charge in [0, 0.05) is 18.1 Å². The predicted octanol–water partition coefficient (Wildman–Crippen LogP) is 2.00. The van der Waals surface area contributed by atoms with E-state index in [9.17, 15) is 0 Å². The number of nitrogens with zero attached hydrogens (tertiary/aromatic N) is 3. The van der Waals surface area contributed by atoms with Gasteiger partial charge in [0.2, 0.25) is 0 Å². The van der Waals surface area contributed by atoms with Crippen molar-refractivity contribution in [2.45, 2.75) is 13.8 Å². The van der Waals surface area contributed by atoms with Crippen LogP contribution in [0.4, 0.5) is 0 Å². The van der Waals surface area contributed by atoms with Crippen LogP contribution in [0.15, 0.2) is 12.4 Å². The van der Waals surface area contributed by atoms with E-state index >= 15 is 0 Å². The SMILES string of the molecule is Cc1nc(Cl)c2nccn2c1C. The minimum Gasteiger partial charge on any atom is -0.300 e. The fourth-order valence-electron chi connectivity index (χ4n) is 1.18. The van der Waals surface area contributed by atoms with E-state index < -0.39 is 0 Å². The quantitative estimate of drug-likeness (QED) is 0.622. The zero-order valence-electron chi connectivity index (χ0n) is 6.87. The fraction of sp³-hybridized carbons (Fsp3) is 0.250. The first-order chi connectivity index (χ1) is 5.70. The summed E-state index contributed by atoms with van der Waals surface area (Å²) in [7, 11) is 0. The minimum absolute atomic E-state index is 0.461. The van der Waals surface area contributed by atoms with Crippen LogP contribution in [0.2, 0.25) is 5.15 Å². The van der Waals surface area contributed by atoms with Gasteiger partial charge in [-0.1, -0.05) is 11.6 Å². The molecule has 12 heavy (non-hydrogen) atoms. The number of halogens is 1. The highest BCUT2D eigenvalue weighted by Gasteiger charge is 2.05. The van der Waals surface area contributed by atoms with Crippen LogP contribution in [-0.4, -0.2) is 14.4 Å². The molecule has 0 aliphatic rings. The van der Waals surface area contributed by atoms with Crippen molar-refractivity contribution in [3.8, 4) is 0 Å². The molecular formula is C8H8ClN3. The van der Waals surface area contributed by atoms with Crippen molar-refractivity contribution in [2.75, 3.05) is 0 Å². The topological polar surface area (TPSA) is 30.2 Å². The van der Waals surface area contributed by atoms with Crippen molar-refractivity contribution in [1.29, 1.82) is 0 Å². The van der Waals surface area contributed by atoms with E-state index in [1.54, 1.807) is 6.20 Å². The predicted molar refractivity (Wildman–Crippen MR) is 47.5 cm³/mol. The van der Waals surface area contributed by atoms with E-state index in [1.165, 1.54) is 0 Å². The minimum atomic E-state index is 0.461. The molecular weight excluding hydrogens is 174 g/mol. The van der Waals surface area contributed by atoms with Crippen LogP contribution in [0.5, 0.6) is 0 Å². The largest absolute Gasteiger partial charge is 0.300 e. The second-order valence-corrected chi connectivity index (χ2v) is 3.05. The van der Waals surface area contributed by atoms with Crippen LogP contribution in [0.1, 0.15) is 11.4 Å². The maximum atomic E-state index is 5.88. The van der Waals surface area contributed by atoms with Crippen molar-refractivity contribution in [3.05, 3.63) is 28.9 Å². The molecule has 0 saturated heterocycles. The normalized spacial score (nSPS) is 10.9. The third kappa shape index (κ3) is 0.898. The van der Waals surface area contributed by atoms with Crippen LogP contribution < -0.4 is 0 Å². The van der Waals surface area contributed by atoms with Gasteiger partial charge < -0.3 is 0 Å². The van der Waals surface area contributed by atoms with Crippen LogP contribution in [0, 0.1) is 13.8 Å². The zero-order chi connectivity index (χ0) is 8.72. The van der Waals surface area contributed by atoms with Gasteiger partial charge in [-0.2, -0.15) is 0 Å². The van der Waals surface area contributed by atoms with Gasteiger partial charge in [0.1, 0.15) is 0 Å². The van der Waals surface area contributed by atoms with Gasteiger partial charge in [-0.15, -0.1) is 0 Å². The summed E-state index contributed by atoms with van der Waals surface area (Å²) in [6.07, 6.45) is 3.60. The molecule has 2 heterocycles. The average molecular weight is 182 g/mol. The van der Waals surface area contributed by atoms with Crippen molar-refractivity contribution in [3.63, 3.8) is 0 Å². The number of aryl methyl sites for hydroxylation is 2. The monoisotopic (exact) mass is 181 g/mol. The van der Waals surface area contributed by atoms with E-state index in [-0.39, 0.29) is 0 Å². The van der Waals surface area contributed by atoms with E-state index in [2.05, 4.69) is 9.97 Å². The first kappa shape index (κ1) is 7.55. The second kappa shape index (κ2) is 2.45. The number of rotatable bonds is 0. The first-order valence-electron chi connectivity index (χ1n) is 3.66. The highest BCUT2D eigenvalue weighted by atomic mass is 35.5. The smallest absolute Gasteiger partial charge is 0.175 e. The van der Waals surface area contributed by atoms with Crippen molar-refractivity contribution in [2.24, 2.45) is 0 Å². The van der Waals surface area contributed by atoms with Crippen LogP contribution in [-0.2, 0) is 0 Å².